The molecule has 0 aliphatic carbocycles. The van der Waals surface area contributed by atoms with Crippen molar-refractivity contribution in [3.8, 4) is 5.75 Å². The minimum Gasteiger partial charge on any atom is -0.497 e. The average molecular weight is 523 g/mol. The molecule has 182 valence electrons. The molecule has 0 saturated carbocycles. The molecule has 3 aromatic rings. The van der Waals surface area contributed by atoms with E-state index in [-0.39, 0.29) is 5.92 Å². The summed E-state index contributed by atoms with van der Waals surface area (Å²) < 4.78 is 22.6. The second-order valence-corrected chi connectivity index (χ2v) is 11.6. The lowest BCUT2D eigenvalue weighted by molar-refractivity contribution is -0.146. The largest absolute Gasteiger partial charge is 0.497 e. The van der Waals surface area contributed by atoms with Gasteiger partial charge in [0.25, 0.3) is 0 Å². The number of hydrogen-bond donors (Lipinski definition) is 1. The lowest BCUT2D eigenvalue weighted by Gasteiger charge is -2.36. The Kier molecular flexibility index (Phi) is 8.69. The van der Waals surface area contributed by atoms with Crippen molar-refractivity contribution in [3.05, 3.63) is 52.5 Å². The fraction of sp³-hybridized carbons (Fsp3) is 0.440. The van der Waals surface area contributed by atoms with E-state index in [1.54, 1.807) is 42.5 Å². The third kappa shape index (κ3) is 6.22. The number of aliphatic carboxylic acids is 1. The van der Waals surface area contributed by atoms with E-state index < -0.39 is 18.1 Å². The van der Waals surface area contributed by atoms with Crippen LogP contribution in [0.2, 0.25) is 4.34 Å². The van der Waals surface area contributed by atoms with Gasteiger partial charge in [-0.25, -0.2) is 4.39 Å². The van der Waals surface area contributed by atoms with Gasteiger partial charge in [-0.3, -0.25) is 9.78 Å². The van der Waals surface area contributed by atoms with Crippen molar-refractivity contribution in [2.75, 3.05) is 32.5 Å². The van der Waals surface area contributed by atoms with Crippen molar-refractivity contribution in [2.45, 2.75) is 29.6 Å². The van der Waals surface area contributed by atoms with Crippen LogP contribution >= 0.6 is 34.7 Å². The monoisotopic (exact) mass is 522 g/mol. The molecular formula is C25H28ClFN2O3S2. The quantitative estimate of drug-likeness (QED) is 0.304. The molecule has 1 aliphatic rings. The summed E-state index contributed by atoms with van der Waals surface area (Å²) in [6, 6.07) is 11.1. The number of pyridine rings is 1. The fourth-order valence-corrected chi connectivity index (χ4v) is 6.99. The maximum absolute atomic E-state index is 15.4. The molecule has 1 fully saturated rings. The number of likely N-dealkylation sites (tertiary alicyclic amines) is 1. The Hall–Kier alpha value is -1.87. The molecule has 9 heteroatoms. The Morgan fingerprint density at radius 2 is 2.24 bits per heavy atom. The first-order valence-electron chi connectivity index (χ1n) is 11.3. The van der Waals surface area contributed by atoms with Crippen LogP contribution in [0, 0.1) is 11.8 Å². The van der Waals surface area contributed by atoms with Gasteiger partial charge in [0.1, 0.15) is 11.9 Å². The van der Waals surface area contributed by atoms with Crippen molar-refractivity contribution < 1.29 is 19.0 Å². The second kappa shape index (κ2) is 11.7. The molecule has 1 aromatic carbocycles. The summed E-state index contributed by atoms with van der Waals surface area (Å²) in [5, 5.41) is 10.6. The molecule has 3 atom stereocenters. The Morgan fingerprint density at radius 1 is 1.38 bits per heavy atom. The molecule has 1 unspecified atom stereocenters. The molecule has 34 heavy (non-hydrogen) atoms. The van der Waals surface area contributed by atoms with Crippen molar-refractivity contribution in [2.24, 2.45) is 11.8 Å². The van der Waals surface area contributed by atoms with Crippen LogP contribution in [0.3, 0.4) is 0 Å². The Balaban J connectivity index is 1.33. The summed E-state index contributed by atoms with van der Waals surface area (Å²) in [5.41, 5.74) is 1.30. The molecule has 0 bridgehead atoms. The smallest absolute Gasteiger partial charge is 0.308 e. The number of ether oxygens (including phenoxy) is 1. The lowest BCUT2D eigenvalue weighted by Crippen LogP contribution is -2.44. The van der Waals surface area contributed by atoms with Gasteiger partial charge in [-0.2, -0.15) is 0 Å². The number of methoxy groups -OCH3 is 1. The van der Waals surface area contributed by atoms with Crippen molar-refractivity contribution in [1.29, 1.82) is 0 Å². The van der Waals surface area contributed by atoms with Crippen LogP contribution < -0.4 is 4.74 Å². The molecule has 4 rings (SSSR count). The van der Waals surface area contributed by atoms with Crippen LogP contribution in [0.4, 0.5) is 4.39 Å². The zero-order valence-electron chi connectivity index (χ0n) is 19.0. The van der Waals surface area contributed by atoms with E-state index in [4.69, 9.17) is 16.3 Å². The maximum atomic E-state index is 15.4. The van der Waals surface area contributed by atoms with Crippen LogP contribution in [-0.4, -0.2) is 53.5 Å². The molecule has 5 nitrogen and oxygen atoms in total. The van der Waals surface area contributed by atoms with Gasteiger partial charge in [-0.1, -0.05) is 11.6 Å². The number of rotatable bonds is 10. The number of benzene rings is 1. The van der Waals surface area contributed by atoms with Gasteiger partial charge in [0.05, 0.1) is 27.1 Å². The number of carboxylic acids is 1. The maximum Gasteiger partial charge on any atom is 0.308 e. The molecule has 0 amide bonds. The summed E-state index contributed by atoms with van der Waals surface area (Å²) >= 11 is 9.29. The highest BCUT2D eigenvalue weighted by Gasteiger charge is 2.34. The standard InChI is InChI=1S/C25H28ClFN2O3S2/c1-32-17-3-5-22-19(14-17)18(8-10-28-22)21(27)4-2-16-9-11-29(15-20(16)25(30)31)12-13-33-24-7-6-23(26)34-24/h3,5-8,10,14,16,20-21H,2,4,9,11-13,15H2,1H3,(H,30,31)/t16-,20+,21?/m1/s1. The van der Waals surface area contributed by atoms with E-state index in [2.05, 4.69) is 9.88 Å². The number of thiophene rings is 1. The topological polar surface area (TPSA) is 62.7 Å². The van der Waals surface area contributed by atoms with E-state index in [0.717, 1.165) is 40.5 Å². The van der Waals surface area contributed by atoms with E-state index in [0.29, 0.717) is 30.7 Å². The molecule has 0 radical (unpaired) electrons. The number of thioether (sulfide) groups is 1. The third-order valence-corrected chi connectivity index (χ3v) is 8.91. The SMILES string of the molecule is COc1ccc2nccc(C(F)CC[C@@H]3CCN(CCSc4ccc(Cl)s4)C[C@@H]3C(=O)O)c2c1. The van der Waals surface area contributed by atoms with Crippen LogP contribution in [0.1, 0.15) is 31.0 Å². The van der Waals surface area contributed by atoms with Gasteiger partial charge in [0, 0.05) is 30.4 Å². The number of fused-ring (bicyclic) bond motifs is 1. The number of hydrogen-bond acceptors (Lipinski definition) is 6. The van der Waals surface area contributed by atoms with Crippen LogP contribution in [0.5, 0.6) is 5.75 Å². The Labute approximate surface area is 212 Å². The second-order valence-electron chi connectivity index (χ2n) is 8.53. The van der Waals surface area contributed by atoms with Crippen LogP contribution in [0.25, 0.3) is 10.9 Å². The summed E-state index contributed by atoms with van der Waals surface area (Å²) in [7, 11) is 1.58. The summed E-state index contributed by atoms with van der Waals surface area (Å²) in [6.07, 6.45) is 2.04. The zero-order chi connectivity index (χ0) is 24.1. The van der Waals surface area contributed by atoms with Gasteiger partial charge >= 0.3 is 5.97 Å². The number of alkyl halides is 1. The molecular weight excluding hydrogens is 495 g/mol. The predicted octanol–water partition coefficient (Wildman–Crippen LogP) is 6.56. The highest BCUT2D eigenvalue weighted by Crippen LogP contribution is 2.36. The minimum atomic E-state index is -1.18. The Bertz CT molecular complexity index is 1130. The van der Waals surface area contributed by atoms with E-state index in [1.165, 1.54) is 4.21 Å². The van der Waals surface area contributed by atoms with E-state index in [1.807, 2.05) is 30.3 Å². The third-order valence-electron chi connectivity index (χ3n) is 6.47. The molecule has 3 heterocycles. The number of halogens is 2. The Morgan fingerprint density at radius 3 is 2.97 bits per heavy atom. The highest BCUT2D eigenvalue weighted by atomic mass is 35.5. The number of aromatic nitrogens is 1. The molecule has 0 spiro atoms. The normalized spacial score (nSPS) is 19.9. The van der Waals surface area contributed by atoms with Crippen molar-refractivity contribution in [3.63, 3.8) is 0 Å². The lowest BCUT2D eigenvalue weighted by atomic mass is 9.81. The van der Waals surface area contributed by atoms with Gasteiger partial charge in [-0.15, -0.1) is 23.1 Å². The zero-order valence-corrected chi connectivity index (χ0v) is 21.3. The number of carboxylic acid groups (broad SMARTS) is 1. The number of carbonyl (C=O) groups is 1. The van der Waals surface area contributed by atoms with Crippen molar-refractivity contribution in [1.82, 2.24) is 9.88 Å². The molecule has 1 saturated heterocycles. The average Bonchev–Trinajstić information content (AvgIpc) is 3.26. The van der Waals surface area contributed by atoms with E-state index in [9.17, 15) is 9.90 Å². The first-order valence-corrected chi connectivity index (χ1v) is 13.5. The molecule has 1 aliphatic heterocycles. The van der Waals surface area contributed by atoms with E-state index >= 15 is 4.39 Å². The number of nitrogens with zero attached hydrogens (tertiary/aromatic N) is 2. The van der Waals surface area contributed by atoms with Gasteiger partial charge in [0.15, 0.2) is 0 Å². The van der Waals surface area contributed by atoms with Crippen LogP contribution in [-0.2, 0) is 4.79 Å². The first kappa shape index (κ1) is 25.2. The highest BCUT2D eigenvalue weighted by molar-refractivity contribution is 8.01. The van der Waals surface area contributed by atoms with Gasteiger partial charge in [0.2, 0.25) is 0 Å². The summed E-state index contributed by atoms with van der Waals surface area (Å²) in [5.74, 6) is 0.253. The van der Waals surface area contributed by atoms with Gasteiger partial charge in [-0.05, 0) is 73.7 Å². The number of piperidine rings is 1. The van der Waals surface area contributed by atoms with Gasteiger partial charge < -0.3 is 14.7 Å². The minimum absolute atomic E-state index is 0.0293. The van der Waals surface area contributed by atoms with Crippen LogP contribution in [0.15, 0.2) is 46.8 Å². The van der Waals surface area contributed by atoms with Crippen molar-refractivity contribution >= 4 is 51.6 Å². The predicted molar refractivity (Wildman–Crippen MR) is 137 cm³/mol. The first-order chi connectivity index (χ1) is 16.4. The summed E-state index contributed by atoms with van der Waals surface area (Å²) in [6.45, 7) is 2.18. The fourth-order valence-electron chi connectivity index (χ4n) is 4.61. The summed E-state index contributed by atoms with van der Waals surface area (Å²) in [4.78, 5) is 18.5. The molecule has 1 N–H and O–H groups in total. The molecule has 2 aromatic heterocycles.